The van der Waals surface area contributed by atoms with Crippen LogP contribution in [0.1, 0.15) is 17.0 Å². The van der Waals surface area contributed by atoms with Gasteiger partial charge in [0, 0.05) is 17.9 Å². The van der Waals surface area contributed by atoms with E-state index in [9.17, 15) is 9.59 Å². The Balaban J connectivity index is 1.81. The van der Waals surface area contributed by atoms with Crippen LogP contribution in [-0.2, 0) is 16.1 Å². The van der Waals surface area contributed by atoms with Crippen LogP contribution >= 0.6 is 11.8 Å². The Morgan fingerprint density at radius 2 is 1.92 bits per heavy atom. The third kappa shape index (κ3) is 6.80. The van der Waals surface area contributed by atoms with Crippen LogP contribution in [0.15, 0.2) is 35.5 Å². The minimum Gasteiger partial charge on any atom is -0.482 e. The lowest BCUT2D eigenvalue weighted by Gasteiger charge is -2.08. The maximum Gasteiger partial charge on any atom is 0.341 e. The van der Waals surface area contributed by atoms with E-state index >= 15 is 0 Å². The number of carbonyl (C=O) groups excluding carboxylic acids is 1. The molecule has 0 radical (unpaired) electrons. The minimum atomic E-state index is -1.04. The van der Waals surface area contributed by atoms with E-state index in [1.807, 2.05) is 26.0 Å². The molecular weight excluding hydrogens is 342 g/mol. The zero-order valence-corrected chi connectivity index (χ0v) is 14.8. The fourth-order valence-corrected chi connectivity index (χ4v) is 2.81. The van der Waals surface area contributed by atoms with Crippen LogP contribution < -0.4 is 10.1 Å². The molecule has 0 saturated heterocycles. The second-order valence-electron chi connectivity index (χ2n) is 5.33. The summed E-state index contributed by atoms with van der Waals surface area (Å²) in [5, 5.41) is 12.0. The number of nitrogens with one attached hydrogen (secondary N) is 1. The Morgan fingerprint density at radius 1 is 1.20 bits per heavy atom. The van der Waals surface area contributed by atoms with Gasteiger partial charge in [-0.25, -0.2) is 14.8 Å². The number of ether oxygens (including phenoxy) is 1. The first kappa shape index (κ1) is 18.7. The van der Waals surface area contributed by atoms with Gasteiger partial charge in [-0.1, -0.05) is 23.9 Å². The Hall–Kier alpha value is -2.61. The Kier molecular flexibility index (Phi) is 6.76. The van der Waals surface area contributed by atoms with Gasteiger partial charge in [0.2, 0.25) is 5.91 Å². The second-order valence-corrected chi connectivity index (χ2v) is 6.27. The standard InChI is InChI=1S/C17H19N3O4S/c1-11-6-12(2)20-17(19-11)25-10-15(21)18-8-13-4-3-5-14(7-13)24-9-16(22)23/h3-7H,8-10H2,1-2H3,(H,18,21)(H,22,23). The number of carboxylic acids is 1. The first-order chi connectivity index (χ1) is 11.9. The number of benzene rings is 1. The zero-order valence-electron chi connectivity index (χ0n) is 14.0. The van der Waals surface area contributed by atoms with E-state index in [4.69, 9.17) is 9.84 Å². The SMILES string of the molecule is Cc1cc(C)nc(SCC(=O)NCc2cccc(OCC(=O)O)c2)n1. The van der Waals surface area contributed by atoms with Crippen LogP contribution in [-0.4, -0.2) is 39.3 Å². The molecule has 0 unspecified atom stereocenters. The van der Waals surface area contributed by atoms with Gasteiger partial charge in [0.15, 0.2) is 11.8 Å². The number of hydrogen-bond donors (Lipinski definition) is 2. The number of amides is 1. The van der Waals surface area contributed by atoms with E-state index in [0.29, 0.717) is 17.5 Å². The summed E-state index contributed by atoms with van der Waals surface area (Å²) in [5.41, 5.74) is 2.56. The van der Waals surface area contributed by atoms with Crippen LogP contribution in [0.3, 0.4) is 0 Å². The van der Waals surface area contributed by atoms with Gasteiger partial charge in [0.25, 0.3) is 0 Å². The van der Waals surface area contributed by atoms with Crippen LogP contribution in [0.4, 0.5) is 0 Å². The highest BCUT2D eigenvalue weighted by Crippen LogP contribution is 2.15. The zero-order chi connectivity index (χ0) is 18.2. The van der Waals surface area contributed by atoms with Gasteiger partial charge in [-0.05, 0) is 37.6 Å². The lowest BCUT2D eigenvalue weighted by atomic mass is 10.2. The highest BCUT2D eigenvalue weighted by molar-refractivity contribution is 7.99. The molecule has 0 aliphatic rings. The highest BCUT2D eigenvalue weighted by atomic mass is 32.2. The summed E-state index contributed by atoms with van der Waals surface area (Å²) in [6, 6.07) is 8.82. The summed E-state index contributed by atoms with van der Waals surface area (Å²) in [4.78, 5) is 31.0. The molecule has 0 aliphatic carbocycles. The molecule has 0 saturated carbocycles. The molecule has 132 valence electrons. The molecule has 2 aromatic rings. The number of aromatic nitrogens is 2. The van der Waals surface area contributed by atoms with E-state index in [-0.39, 0.29) is 11.7 Å². The van der Waals surface area contributed by atoms with E-state index in [1.54, 1.807) is 18.2 Å². The van der Waals surface area contributed by atoms with Crippen molar-refractivity contribution in [1.82, 2.24) is 15.3 Å². The van der Waals surface area contributed by atoms with Crippen molar-refractivity contribution in [2.45, 2.75) is 25.5 Å². The molecule has 0 spiro atoms. The lowest BCUT2D eigenvalue weighted by molar-refractivity contribution is -0.139. The predicted molar refractivity (Wildman–Crippen MR) is 93.6 cm³/mol. The maximum absolute atomic E-state index is 12.0. The summed E-state index contributed by atoms with van der Waals surface area (Å²) in [7, 11) is 0. The summed E-state index contributed by atoms with van der Waals surface area (Å²) in [6.45, 7) is 3.70. The number of nitrogens with zero attached hydrogens (tertiary/aromatic N) is 2. The molecule has 0 atom stereocenters. The van der Waals surface area contributed by atoms with Gasteiger partial charge < -0.3 is 15.2 Å². The number of carboxylic acid groups (broad SMARTS) is 1. The molecule has 7 nitrogen and oxygen atoms in total. The summed E-state index contributed by atoms with van der Waals surface area (Å²) < 4.78 is 5.11. The predicted octanol–water partition coefficient (Wildman–Crippen LogP) is 1.97. The Labute approximate surface area is 149 Å². The van der Waals surface area contributed by atoms with Gasteiger partial charge in [-0.15, -0.1) is 0 Å². The van der Waals surface area contributed by atoms with Crippen LogP contribution in [0, 0.1) is 13.8 Å². The fraction of sp³-hybridized carbons (Fsp3) is 0.294. The number of thioether (sulfide) groups is 1. The van der Waals surface area contributed by atoms with Crippen LogP contribution in [0.2, 0.25) is 0 Å². The second kappa shape index (κ2) is 9.03. The van der Waals surface area contributed by atoms with E-state index in [0.717, 1.165) is 17.0 Å². The summed E-state index contributed by atoms with van der Waals surface area (Å²) >= 11 is 1.28. The molecular formula is C17H19N3O4S. The quantitative estimate of drug-likeness (QED) is 0.547. The number of aryl methyl sites for hydroxylation is 2. The normalized spacial score (nSPS) is 10.3. The number of carbonyl (C=O) groups is 2. The van der Waals surface area contributed by atoms with Gasteiger partial charge >= 0.3 is 5.97 Å². The molecule has 25 heavy (non-hydrogen) atoms. The van der Waals surface area contributed by atoms with E-state index in [2.05, 4.69) is 15.3 Å². The smallest absolute Gasteiger partial charge is 0.341 e. The number of hydrogen-bond acceptors (Lipinski definition) is 6. The van der Waals surface area contributed by atoms with E-state index in [1.165, 1.54) is 11.8 Å². The molecule has 0 bridgehead atoms. The largest absolute Gasteiger partial charge is 0.482 e. The highest BCUT2D eigenvalue weighted by Gasteiger charge is 2.07. The molecule has 0 fully saturated rings. The molecule has 1 heterocycles. The van der Waals surface area contributed by atoms with Gasteiger partial charge in [0.1, 0.15) is 5.75 Å². The molecule has 1 aromatic heterocycles. The average molecular weight is 361 g/mol. The molecule has 1 aromatic carbocycles. The number of rotatable bonds is 8. The van der Waals surface area contributed by atoms with Gasteiger partial charge in [-0.2, -0.15) is 0 Å². The molecule has 2 N–H and O–H groups in total. The third-order valence-corrected chi connectivity index (χ3v) is 3.89. The lowest BCUT2D eigenvalue weighted by Crippen LogP contribution is -2.24. The van der Waals surface area contributed by atoms with Gasteiger partial charge in [0.05, 0.1) is 5.75 Å². The summed E-state index contributed by atoms with van der Waals surface area (Å²) in [6.07, 6.45) is 0. The Morgan fingerprint density at radius 3 is 2.60 bits per heavy atom. The van der Waals surface area contributed by atoms with Crippen molar-refractivity contribution >= 4 is 23.6 Å². The van der Waals surface area contributed by atoms with Gasteiger partial charge in [-0.3, -0.25) is 4.79 Å². The third-order valence-electron chi connectivity index (χ3n) is 3.04. The molecule has 0 aliphatic heterocycles. The Bertz CT molecular complexity index is 747. The van der Waals surface area contributed by atoms with E-state index < -0.39 is 12.6 Å². The maximum atomic E-state index is 12.0. The first-order valence-electron chi connectivity index (χ1n) is 7.57. The van der Waals surface area contributed by atoms with Crippen LogP contribution in [0.25, 0.3) is 0 Å². The van der Waals surface area contributed by atoms with Crippen molar-refractivity contribution in [3.05, 3.63) is 47.3 Å². The molecule has 8 heteroatoms. The molecule has 2 rings (SSSR count). The molecule has 1 amide bonds. The van der Waals surface area contributed by atoms with Crippen molar-refractivity contribution in [3.63, 3.8) is 0 Å². The van der Waals surface area contributed by atoms with Crippen molar-refractivity contribution in [2.75, 3.05) is 12.4 Å². The van der Waals surface area contributed by atoms with Crippen molar-refractivity contribution in [1.29, 1.82) is 0 Å². The van der Waals surface area contributed by atoms with Crippen molar-refractivity contribution < 1.29 is 19.4 Å². The minimum absolute atomic E-state index is 0.135. The first-order valence-corrected chi connectivity index (χ1v) is 8.56. The fourth-order valence-electron chi connectivity index (χ4n) is 2.03. The van der Waals surface area contributed by atoms with Crippen LogP contribution in [0.5, 0.6) is 5.75 Å². The number of aliphatic carboxylic acids is 1. The topological polar surface area (TPSA) is 101 Å². The van der Waals surface area contributed by atoms with Crippen molar-refractivity contribution in [3.8, 4) is 5.75 Å². The van der Waals surface area contributed by atoms with Crippen molar-refractivity contribution in [2.24, 2.45) is 0 Å². The average Bonchev–Trinajstić information content (AvgIpc) is 2.56. The monoisotopic (exact) mass is 361 g/mol. The summed E-state index contributed by atoms with van der Waals surface area (Å²) in [5.74, 6) is -0.501.